The van der Waals surface area contributed by atoms with Crippen LogP contribution in [0.3, 0.4) is 0 Å². The Labute approximate surface area is 107 Å². The number of hydrogen-bond acceptors (Lipinski definition) is 1. The first-order valence-corrected chi connectivity index (χ1v) is 3.84. The summed E-state index contributed by atoms with van der Waals surface area (Å²) in [6.07, 6.45) is 0. The molecule has 0 fully saturated rings. The average molecular weight is 271 g/mol. The predicted octanol–water partition coefficient (Wildman–Crippen LogP) is -7.38. The third kappa shape index (κ3) is 3.53. The van der Waals surface area contributed by atoms with E-state index in [0.717, 1.165) is 9.65 Å². The van der Waals surface area contributed by atoms with Crippen molar-refractivity contribution in [2.45, 2.75) is 0 Å². The Morgan fingerprint density at radius 2 is 1.62 bits per heavy atom. The molecule has 0 aliphatic rings. The molecule has 0 bridgehead atoms. The van der Waals surface area contributed by atoms with E-state index < -0.39 is 0 Å². The molecule has 0 amide bonds. The molecule has 0 N–H and O–H groups in total. The first kappa shape index (κ1) is 15.8. The summed E-state index contributed by atoms with van der Waals surface area (Å²) in [6, 6.07) is 10.0. The molecule has 1 aromatic carbocycles. The third-order valence-corrected chi connectivity index (χ3v) is 1.81. The molecule has 0 aliphatic heterocycles. The van der Waals surface area contributed by atoms with Gasteiger partial charge in [-0.05, 0) is 0 Å². The van der Waals surface area contributed by atoms with Crippen LogP contribution in [-0.4, -0.2) is 0 Å². The Bertz CT molecular complexity index is 328. The Hall–Kier alpha value is 0.344. The summed E-state index contributed by atoms with van der Waals surface area (Å²) in [5, 5.41) is 1.18. The standard InChI is InChI=1S/C8H5O.3ClH.Ti/c1-2-4-8-7(3-1)5-6-9-8;;;;/h1-5H;3*1H;/q;;;;+3/p-3. The predicted molar refractivity (Wildman–Crippen MR) is 35.8 cm³/mol. The molecule has 2 aromatic rings. The van der Waals surface area contributed by atoms with Gasteiger partial charge < -0.3 is 37.2 Å². The van der Waals surface area contributed by atoms with E-state index in [2.05, 4.69) is 0 Å². The number of furan rings is 1. The van der Waals surface area contributed by atoms with Crippen LogP contribution < -0.4 is 41.3 Å². The number of benzene rings is 1. The van der Waals surface area contributed by atoms with Crippen LogP contribution in [0.4, 0.5) is 0 Å². The zero-order valence-corrected chi connectivity index (χ0v) is 10.3. The quantitative estimate of drug-likeness (QED) is 0.434. The first-order chi connectivity index (χ1) is 4.86. The monoisotopic (exact) mass is 270 g/mol. The van der Waals surface area contributed by atoms with Gasteiger partial charge in [-0.2, -0.15) is 0 Å². The fourth-order valence-corrected chi connectivity index (χ4v) is 1.40. The Morgan fingerprint density at radius 3 is 2.23 bits per heavy atom. The summed E-state index contributed by atoms with van der Waals surface area (Å²) >= 11 is 1.96. The molecule has 13 heavy (non-hydrogen) atoms. The molecular formula is C8H5Cl3OTi. The molecule has 68 valence electrons. The van der Waals surface area contributed by atoms with Gasteiger partial charge in [0.15, 0.2) is 0 Å². The van der Waals surface area contributed by atoms with Gasteiger partial charge in [-0.15, -0.1) is 0 Å². The van der Waals surface area contributed by atoms with Gasteiger partial charge >= 0.3 is 70.2 Å². The fourth-order valence-electron chi connectivity index (χ4n) is 0.982. The second-order valence-corrected chi connectivity index (χ2v) is 2.92. The van der Waals surface area contributed by atoms with E-state index in [1.807, 2.05) is 50.8 Å². The van der Waals surface area contributed by atoms with E-state index >= 15 is 0 Å². The summed E-state index contributed by atoms with van der Waals surface area (Å²) < 4.78 is 6.34. The van der Waals surface area contributed by atoms with Gasteiger partial charge in [0, 0.05) is 0 Å². The van der Waals surface area contributed by atoms with Crippen molar-refractivity contribution in [2.75, 3.05) is 0 Å². The first-order valence-electron chi connectivity index (χ1n) is 3.06. The molecule has 0 radical (unpaired) electrons. The average Bonchev–Trinajstić information content (AvgIpc) is 2.27. The number of hydrogen-bond donors (Lipinski definition) is 0. The number of halogens is 3. The second-order valence-electron chi connectivity index (χ2n) is 2.15. The van der Waals surface area contributed by atoms with Gasteiger partial charge in [-0.1, -0.05) is 0 Å². The summed E-state index contributed by atoms with van der Waals surface area (Å²) in [5.74, 6) is 0. The molecule has 0 unspecified atom stereocenters. The Morgan fingerprint density at radius 1 is 1.00 bits per heavy atom. The summed E-state index contributed by atoms with van der Waals surface area (Å²) in [7, 11) is 0. The van der Waals surface area contributed by atoms with Gasteiger partial charge in [0.25, 0.3) is 0 Å². The zero-order valence-electron chi connectivity index (χ0n) is 6.43. The third-order valence-electron chi connectivity index (χ3n) is 1.43. The van der Waals surface area contributed by atoms with Gasteiger partial charge in [-0.25, -0.2) is 0 Å². The summed E-state index contributed by atoms with van der Waals surface area (Å²) in [6.45, 7) is 0. The topological polar surface area (TPSA) is 13.1 Å². The van der Waals surface area contributed by atoms with Crippen molar-refractivity contribution in [2.24, 2.45) is 0 Å². The van der Waals surface area contributed by atoms with Gasteiger partial charge in [0.2, 0.25) is 0 Å². The van der Waals surface area contributed by atoms with Crippen molar-refractivity contribution in [3.8, 4) is 0 Å². The molecule has 1 nitrogen and oxygen atoms in total. The van der Waals surface area contributed by atoms with Crippen molar-refractivity contribution in [3.63, 3.8) is 0 Å². The summed E-state index contributed by atoms with van der Waals surface area (Å²) in [4.78, 5) is 0. The molecule has 0 atom stereocenters. The van der Waals surface area contributed by atoms with Crippen molar-refractivity contribution in [3.05, 3.63) is 30.3 Å². The van der Waals surface area contributed by atoms with Crippen LogP contribution in [0.2, 0.25) is 0 Å². The normalized spacial score (nSPS) is 8.15. The van der Waals surface area contributed by atoms with Crippen molar-refractivity contribution in [1.82, 2.24) is 0 Å². The van der Waals surface area contributed by atoms with Gasteiger partial charge in [0.1, 0.15) is 0 Å². The van der Waals surface area contributed by atoms with Crippen LogP contribution in [0.15, 0.2) is 34.7 Å². The zero-order chi connectivity index (χ0) is 6.97. The van der Waals surface area contributed by atoms with Crippen molar-refractivity contribution >= 4 is 15.0 Å². The second kappa shape index (κ2) is 6.75. The molecule has 0 saturated carbocycles. The molecule has 5 heteroatoms. The van der Waals surface area contributed by atoms with E-state index in [4.69, 9.17) is 4.42 Å². The van der Waals surface area contributed by atoms with Crippen LogP contribution in [0.25, 0.3) is 11.0 Å². The molecule has 2 rings (SSSR count). The molecule has 0 spiro atoms. The molecular weight excluding hydrogens is 266 g/mol. The SMILES string of the molecule is [Cl-].[Cl-].[Cl-].[Ti+3][c]1cc2ccccc2o1. The minimum absolute atomic E-state index is 0. The van der Waals surface area contributed by atoms with E-state index in [9.17, 15) is 0 Å². The Kier molecular flexibility index (Phi) is 8.20. The van der Waals surface area contributed by atoms with E-state index in [1.54, 1.807) is 0 Å². The maximum absolute atomic E-state index is 5.37. The van der Waals surface area contributed by atoms with Crippen LogP contribution in [-0.2, 0) is 20.4 Å². The number of rotatable bonds is 0. The fraction of sp³-hybridized carbons (Fsp3) is 0. The number of para-hydroxylation sites is 1. The molecule has 0 saturated heterocycles. The van der Waals surface area contributed by atoms with E-state index in [1.165, 1.54) is 5.39 Å². The maximum atomic E-state index is 5.37. The van der Waals surface area contributed by atoms with Crippen LogP contribution in [0.5, 0.6) is 0 Å². The van der Waals surface area contributed by atoms with Crippen LogP contribution in [0.1, 0.15) is 0 Å². The van der Waals surface area contributed by atoms with E-state index in [-0.39, 0.29) is 37.2 Å². The molecule has 1 aromatic heterocycles. The number of fused-ring (bicyclic) bond motifs is 1. The van der Waals surface area contributed by atoms with Crippen LogP contribution >= 0.6 is 0 Å². The van der Waals surface area contributed by atoms with E-state index in [0.29, 0.717) is 0 Å². The van der Waals surface area contributed by atoms with Crippen LogP contribution in [0, 0.1) is 0 Å². The Balaban J connectivity index is 0. The summed E-state index contributed by atoms with van der Waals surface area (Å²) in [5.41, 5.74) is 0.972. The molecule has 1 heterocycles. The van der Waals surface area contributed by atoms with Crippen molar-refractivity contribution < 1.29 is 62.1 Å². The minimum atomic E-state index is 0. The van der Waals surface area contributed by atoms with Gasteiger partial charge in [-0.3, -0.25) is 0 Å². The van der Waals surface area contributed by atoms with Crippen molar-refractivity contribution in [1.29, 1.82) is 0 Å². The van der Waals surface area contributed by atoms with Gasteiger partial charge in [0.05, 0.1) is 0 Å². The molecule has 0 aliphatic carbocycles.